The van der Waals surface area contributed by atoms with Gasteiger partial charge in [0.25, 0.3) is 0 Å². The number of rotatable bonds is 4. The molecule has 0 aliphatic heterocycles. The molecule has 0 fully saturated rings. The van der Waals surface area contributed by atoms with E-state index in [9.17, 15) is 17.6 Å². The molecule has 1 unspecified atom stereocenters. The zero-order valence-electron chi connectivity index (χ0n) is 12.6. The van der Waals surface area contributed by atoms with Crippen molar-refractivity contribution in [3.05, 3.63) is 83.4 Å². The summed E-state index contributed by atoms with van der Waals surface area (Å²) < 4.78 is 56.4. The van der Waals surface area contributed by atoms with E-state index < -0.39 is 29.3 Å². The van der Waals surface area contributed by atoms with Crippen LogP contribution in [0.1, 0.15) is 17.4 Å². The Bertz CT molecular complexity index is 876. The monoisotopic (exact) mass is 335 g/mol. The topological polar surface area (TPSA) is 29.9 Å². The van der Waals surface area contributed by atoms with Crippen molar-refractivity contribution in [3.63, 3.8) is 0 Å². The summed E-state index contributed by atoms with van der Waals surface area (Å²) in [7, 11) is 1.69. The highest BCUT2D eigenvalue weighted by Crippen LogP contribution is 2.29. The van der Waals surface area contributed by atoms with Gasteiger partial charge in [0.2, 0.25) is 0 Å². The molecule has 2 aromatic carbocycles. The molecule has 124 valence electrons. The first-order valence-corrected chi connectivity index (χ1v) is 7.10. The lowest BCUT2D eigenvalue weighted by Gasteiger charge is -2.21. The van der Waals surface area contributed by atoms with E-state index in [4.69, 9.17) is 0 Å². The Morgan fingerprint density at radius 2 is 1.71 bits per heavy atom. The molecule has 1 heterocycles. The highest BCUT2D eigenvalue weighted by molar-refractivity contribution is 5.49. The second-order valence-corrected chi connectivity index (χ2v) is 5.22. The van der Waals surface area contributed by atoms with Crippen molar-refractivity contribution >= 4 is 5.69 Å². The van der Waals surface area contributed by atoms with Crippen molar-refractivity contribution in [1.82, 2.24) is 9.55 Å². The number of halogens is 4. The maximum Gasteiger partial charge on any atom is 0.196 e. The number of nitrogens with one attached hydrogen (secondary N) is 1. The Hall–Kier alpha value is -2.83. The fourth-order valence-corrected chi connectivity index (χ4v) is 2.44. The van der Waals surface area contributed by atoms with Crippen molar-refractivity contribution < 1.29 is 17.6 Å². The summed E-state index contributed by atoms with van der Waals surface area (Å²) in [6, 6.07) is 6.89. The molecule has 1 atom stereocenters. The molecule has 0 aliphatic carbocycles. The minimum absolute atomic E-state index is 0.205. The Labute approximate surface area is 135 Å². The van der Waals surface area contributed by atoms with Gasteiger partial charge < -0.3 is 9.88 Å². The fraction of sp³-hybridized carbons (Fsp3) is 0.118. The lowest BCUT2D eigenvalue weighted by atomic mass is 10.0. The number of anilines is 1. The number of hydrogen-bond donors (Lipinski definition) is 1. The maximum absolute atomic E-state index is 14.2. The van der Waals surface area contributed by atoms with E-state index in [1.54, 1.807) is 23.9 Å². The van der Waals surface area contributed by atoms with E-state index in [-0.39, 0.29) is 11.3 Å². The summed E-state index contributed by atoms with van der Waals surface area (Å²) in [6.45, 7) is 0. The number of nitrogens with zero attached hydrogens (tertiary/aromatic N) is 2. The maximum atomic E-state index is 14.2. The summed E-state index contributed by atoms with van der Waals surface area (Å²) >= 11 is 0. The summed E-state index contributed by atoms with van der Waals surface area (Å²) in [5, 5.41) is 2.71. The predicted molar refractivity (Wildman–Crippen MR) is 81.4 cm³/mol. The van der Waals surface area contributed by atoms with E-state index in [0.717, 1.165) is 12.1 Å². The van der Waals surface area contributed by atoms with Gasteiger partial charge in [0.15, 0.2) is 17.5 Å². The minimum Gasteiger partial charge on any atom is -0.369 e. The first kappa shape index (κ1) is 16.0. The Morgan fingerprint density at radius 3 is 2.38 bits per heavy atom. The van der Waals surface area contributed by atoms with Crippen LogP contribution in [0.3, 0.4) is 0 Å². The SMILES string of the molecule is Cn1ccnc1C(Nc1ccc(F)c(F)c1F)c1ccccc1F. The zero-order valence-corrected chi connectivity index (χ0v) is 12.6. The summed E-state index contributed by atoms with van der Waals surface area (Å²) in [4.78, 5) is 4.14. The van der Waals surface area contributed by atoms with Gasteiger partial charge in [-0.05, 0) is 18.2 Å². The van der Waals surface area contributed by atoms with Crippen molar-refractivity contribution in [2.75, 3.05) is 5.32 Å². The molecule has 0 saturated carbocycles. The van der Waals surface area contributed by atoms with Crippen LogP contribution >= 0.6 is 0 Å². The molecule has 0 bridgehead atoms. The van der Waals surface area contributed by atoms with Crippen molar-refractivity contribution in [2.24, 2.45) is 7.05 Å². The number of aromatic nitrogens is 2. The summed E-state index contributed by atoms with van der Waals surface area (Å²) in [5.41, 5.74) is -0.0823. The molecule has 0 radical (unpaired) electrons. The molecule has 0 aliphatic rings. The van der Waals surface area contributed by atoms with Gasteiger partial charge in [-0.3, -0.25) is 0 Å². The van der Waals surface area contributed by atoms with Crippen LogP contribution in [0.2, 0.25) is 0 Å². The van der Waals surface area contributed by atoms with Gasteiger partial charge in [-0.25, -0.2) is 22.5 Å². The number of hydrogen-bond acceptors (Lipinski definition) is 2. The molecule has 3 rings (SSSR count). The highest BCUT2D eigenvalue weighted by atomic mass is 19.2. The predicted octanol–water partition coefficient (Wildman–Crippen LogP) is 4.18. The van der Waals surface area contributed by atoms with E-state index in [1.165, 1.54) is 24.4 Å². The third-order valence-electron chi connectivity index (χ3n) is 3.67. The van der Waals surface area contributed by atoms with E-state index in [2.05, 4.69) is 10.3 Å². The molecular formula is C17H13F4N3. The van der Waals surface area contributed by atoms with Gasteiger partial charge in [-0.15, -0.1) is 0 Å². The van der Waals surface area contributed by atoms with Crippen molar-refractivity contribution in [2.45, 2.75) is 6.04 Å². The summed E-state index contributed by atoms with van der Waals surface area (Å²) in [6.07, 6.45) is 3.15. The molecule has 3 nitrogen and oxygen atoms in total. The molecule has 3 aromatic rings. The molecule has 0 amide bonds. The van der Waals surface area contributed by atoms with Crippen LogP contribution in [-0.2, 0) is 7.05 Å². The Morgan fingerprint density at radius 1 is 0.958 bits per heavy atom. The smallest absolute Gasteiger partial charge is 0.196 e. The van der Waals surface area contributed by atoms with Crippen molar-refractivity contribution in [1.29, 1.82) is 0 Å². The van der Waals surface area contributed by atoms with Gasteiger partial charge in [0.1, 0.15) is 17.7 Å². The van der Waals surface area contributed by atoms with Gasteiger partial charge in [-0.2, -0.15) is 0 Å². The molecule has 7 heteroatoms. The normalized spacial score (nSPS) is 12.2. The van der Waals surface area contributed by atoms with Gasteiger partial charge in [-0.1, -0.05) is 18.2 Å². The molecule has 0 saturated heterocycles. The standard InChI is InChI=1S/C17H13F4N3/c1-24-9-8-22-17(24)16(10-4-2-3-5-11(10)18)23-13-7-6-12(19)14(20)15(13)21/h2-9,16,23H,1H3. The van der Waals surface area contributed by atoms with Crippen LogP contribution < -0.4 is 5.32 Å². The first-order valence-electron chi connectivity index (χ1n) is 7.10. The number of benzene rings is 2. The minimum atomic E-state index is -1.59. The van der Waals surface area contributed by atoms with E-state index in [1.807, 2.05) is 0 Å². The quantitative estimate of drug-likeness (QED) is 0.573. The number of aryl methyl sites for hydroxylation is 1. The zero-order chi connectivity index (χ0) is 17.3. The molecule has 0 spiro atoms. The molecular weight excluding hydrogens is 322 g/mol. The first-order chi connectivity index (χ1) is 11.5. The lowest BCUT2D eigenvalue weighted by Crippen LogP contribution is -2.19. The van der Waals surface area contributed by atoms with Gasteiger partial charge in [0.05, 0.1) is 5.69 Å². The van der Waals surface area contributed by atoms with Crippen LogP contribution in [0.15, 0.2) is 48.8 Å². The van der Waals surface area contributed by atoms with Crippen LogP contribution in [0.4, 0.5) is 23.2 Å². The van der Waals surface area contributed by atoms with Crippen LogP contribution in [0.25, 0.3) is 0 Å². The molecule has 1 N–H and O–H groups in total. The van der Waals surface area contributed by atoms with Crippen LogP contribution in [0.5, 0.6) is 0 Å². The highest BCUT2D eigenvalue weighted by Gasteiger charge is 2.24. The third-order valence-corrected chi connectivity index (χ3v) is 3.67. The van der Waals surface area contributed by atoms with Crippen LogP contribution in [-0.4, -0.2) is 9.55 Å². The third kappa shape index (κ3) is 2.84. The van der Waals surface area contributed by atoms with Gasteiger partial charge in [0, 0.05) is 25.0 Å². The second-order valence-electron chi connectivity index (χ2n) is 5.22. The lowest BCUT2D eigenvalue weighted by molar-refractivity contribution is 0.448. The largest absolute Gasteiger partial charge is 0.369 e. The Balaban J connectivity index is 2.09. The van der Waals surface area contributed by atoms with Crippen molar-refractivity contribution in [3.8, 4) is 0 Å². The molecule has 1 aromatic heterocycles. The van der Waals surface area contributed by atoms with Gasteiger partial charge >= 0.3 is 0 Å². The average Bonchev–Trinajstić information content (AvgIpc) is 2.99. The van der Waals surface area contributed by atoms with E-state index in [0.29, 0.717) is 5.82 Å². The second kappa shape index (κ2) is 6.35. The van der Waals surface area contributed by atoms with Crippen LogP contribution in [0, 0.1) is 23.3 Å². The Kier molecular flexibility index (Phi) is 4.24. The fourth-order valence-electron chi connectivity index (χ4n) is 2.44. The average molecular weight is 335 g/mol. The van der Waals surface area contributed by atoms with E-state index >= 15 is 0 Å². The molecule has 24 heavy (non-hydrogen) atoms. The number of imidazole rings is 1. The summed E-state index contributed by atoms with van der Waals surface area (Å²) in [5.74, 6) is -4.39.